The number of fused-ring (bicyclic) bond motifs is 1. The highest BCUT2D eigenvalue weighted by molar-refractivity contribution is 7.16. The van der Waals surface area contributed by atoms with Crippen LogP contribution in [0.25, 0.3) is 10.2 Å². The molecule has 0 unspecified atom stereocenters. The Bertz CT molecular complexity index is 977. The fraction of sp³-hybridized carbons (Fsp3) is 0.263. The van der Waals surface area contributed by atoms with E-state index in [0.29, 0.717) is 35.9 Å². The zero-order valence-electron chi connectivity index (χ0n) is 14.6. The first-order chi connectivity index (χ1) is 12.6. The van der Waals surface area contributed by atoms with Crippen LogP contribution in [0.4, 0.5) is 4.39 Å². The molecule has 0 bridgehead atoms. The Labute approximate surface area is 154 Å². The molecule has 1 amide bonds. The molecule has 0 spiro atoms. The van der Waals surface area contributed by atoms with Gasteiger partial charge in [-0.05, 0) is 43.3 Å². The van der Waals surface area contributed by atoms with Crippen LogP contribution < -0.4 is 9.54 Å². The molecule has 3 rings (SSSR count). The van der Waals surface area contributed by atoms with Crippen LogP contribution in [0.1, 0.15) is 17.3 Å². The molecule has 7 heteroatoms. The molecule has 0 saturated carbocycles. The molecule has 0 fully saturated rings. The summed E-state index contributed by atoms with van der Waals surface area (Å²) in [5.74, 6) is -0.0912. The Morgan fingerprint density at radius 2 is 2.00 bits per heavy atom. The van der Waals surface area contributed by atoms with E-state index in [4.69, 9.17) is 9.47 Å². The van der Waals surface area contributed by atoms with Crippen LogP contribution in [0.3, 0.4) is 0 Å². The number of nitrogens with zero attached hydrogens (tertiary/aromatic N) is 2. The molecule has 5 nitrogen and oxygen atoms in total. The molecule has 0 atom stereocenters. The van der Waals surface area contributed by atoms with Gasteiger partial charge < -0.3 is 14.0 Å². The van der Waals surface area contributed by atoms with Gasteiger partial charge in [0, 0.05) is 18.7 Å². The van der Waals surface area contributed by atoms with Gasteiger partial charge in [-0.25, -0.2) is 4.39 Å². The SMILES string of the molecule is CCOCCn1c(=NC(=O)c2ccc(F)cc2)sc2cccc(OC)c21. The predicted molar refractivity (Wildman–Crippen MR) is 99.2 cm³/mol. The smallest absolute Gasteiger partial charge is 0.279 e. The van der Waals surface area contributed by atoms with Gasteiger partial charge in [-0.1, -0.05) is 17.4 Å². The number of carbonyl (C=O) groups excluding carboxylic acids is 1. The number of para-hydroxylation sites is 1. The largest absolute Gasteiger partial charge is 0.495 e. The van der Waals surface area contributed by atoms with Crippen molar-refractivity contribution in [1.29, 1.82) is 0 Å². The molecule has 0 N–H and O–H groups in total. The number of methoxy groups -OCH3 is 1. The lowest BCUT2D eigenvalue weighted by Gasteiger charge is -2.08. The normalized spacial score (nSPS) is 11.9. The summed E-state index contributed by atoms with van der Waals surface area (Å²) >= 11 is 1.40. The van der Waals surface area contributed by atoms with Crippen LogP contribution in [-0.4, -0.2) is 30.8 Å². The summed E-state index contributed by atoms with van der Waals surface area (Å²) < 4.78 is 26.9. The lowest BCUT2D eigenvalue weighted by molar-refractivity contribution is 0.0996. The van der Waals surface area contributed by atoms with Crippen LogP contribution in [0.15, 0.2) is 47.5 Å². The second-order valence-electron chi connectivity index (χ2n) is 5.46. The van der Waals surface area contributed by atoms with E-state index in [-0.39, 0.29) is 5.82 Å². The van der Waals surface area contributed by atoms with Gasteiger partial charge in [-0.3, -0.25) is 4.79 Å². The van der Waals surface area contributed by atoms with Crippen LogP contribution in [0.5, 0.6) is 5.75 Å². The van der Waals surface area contributed by atoms with E-state index in [2.05, 4.69) is 4.99 Å². The molecule has 0 saturated heterocycles. The van der Waals surface area contributed by atoms with Gasteiger partial charge in [0.15, 0.2) is 4.80 Å². The van der Waals surface area contributed by atoms with Crippen molar-refractivity contribution in [2.45, 2.75) is 13.5 Å². The molecule has 1 heterocycles. The molecule has 0 radical (unpaired) electrons. The Kier molecular flexibility index (Phi) is 5.80. The number of ether oxygens (including phenoxy) is 2. The second-order valence-corrected chi connectivity index (χ2v) is 6.47. The van der Waals surface area contributed by atoms with Crippen molar-refractivity contribution in [3.05, 3.63) is 58.6 Å². The Balaban J connectivity index is 2.09. The number of aromatic nitrogens is 1. The molecule has 3 aromatic rings. The predicted octanol–water partition coefficient (Wildman–Crippen LogP) is 3.63. The molecular weight excluding hydrogens is 355 g/mol. The first-order valence-electron chi connectivity index (χ1n) is 8.22. The number of hydrogen-bond donors (Lipinski definition) is 0. The summed E-state index contributed by atoms with van der Waals surface area (Å²) in [5.41, 5.74) is 1.22. The molecule has 2 aromatic carbocycles. The van der Waals surface area contributed by atoms with Crippen molar-refractivity contribution in [2.75, 3.05) is 20.3 Å². The van der Waals surface area contributed by atoms with Gasteiger partial charge in [0.05, 0.1) is 18.4 Å². The number of hydrogen-bond acceptors (Lipinski definition) is 4. The molecule has 1 aromatic heterocycles. The van der Waals surface area contributed by atoms with Gasteiger partial charge in [0.1, 0.15) is 17.1 Å². The van der Waals surface area contributed by atoms with Crippen molar-refractivity contribution in [3.8, 4) is 5.75 Å². The van der Waals surface area contributed by atoms with E-state index < -0.39 is 5.91 Å². The Morgan fingerprint density at radius 3 is 2.69 bits per heavy atom. The fourth-order valence-electron chi connectivity index (χ4n) is 2.60. The van der Waals surface area contributed by atoms with Crippen molar-refractivity contribution in [3.63, 3.8) is 0 Å². The summed E-state index contributed by atoms with van der Waals surface area (Å²) in [7, 11) is 1.61. The molecule has 26 heavy (non-hydrogen) atoms. The molecule has 0 aliphatic carbocycles. The molecular formula is C19H19FN2O3S. The maximum absolute atomic E-state index is 13.1. The first-order valence-corrected chi connectivity index (χ1v) is 9.04. The average molecular weight is 374 g/mol. The lowest BCUT2D eigenvalue weighted by Crippen LogP contribution is -2.20. The number of amides is 1. The minimum absolute atomic E-state index is 0.340. The van der Waals surface area contributed by atoms with Gasteiger partial charge in [0.2, 0.25) is 0 Å². The summed E-state index contributed by atoms with van der Waals surface area (Å²) in [6, 6.07) is 11.1. The average Bonchev–Trinajstić information content (AvgIpc) is 2.99. The number of carbonyl (C=O) groups is 1. The third kappa shape index (κ3) is 3.84. The summed E-state index contributed by atoms with van der Waals surface area (Å²) in [6.07, 6.45) is 0. The molecule has 0 aliphatic heterocycles. The van der Waals surface area contributed by atoms with Crippen molar-refractivity contribution < 1.29 is 18.7 Å². The van der Waals surface area contributed by atoms with Gasteiger partial charge >= 0.3 is 0 Å². The van der Waals surface area contributed by atoms with Gasteiger partial charge in [-0.2, -0.15) is 4.99 Å². The van der Waals surface area contributed by atoms with Crippen molar-refractivity contribution in [1.82, 2.24) is 4.57 Å². The number of thiazole rings is 1. The van der Waals surface area contributed by atoms with Crippen LogP contribution in [0, 0.1) is 5.82 Å². The molecule has 136 valence electrons. The third-order valence-corrected chi connectivity index (χ3v) is 4.88. The Morgan fingerprint density at radius 1 is 1.23 bits per heavy atom. The highest BCUT2D eigenvalue weighted by atomic mass is 32.1. The number of halogens is 1. The summed E-state index contributed by atoms with van der Waals surface area (Å²) in [4.78, 5) is 17.3. The summed E-state index contributed by atoms with van der Waals surface area (Å²) in [5, 5.41) is 0. The number of rotatable bonds is 6. The minimum Gasteiger partial charge on any atom is -0.495 e. The topological polar surface area (TPSA) is 52.8 Å². The third-order valence-electron chi connectivity index (χ3n) is 3.84. The van der Waals surface area contributed by atoms with E-state index in [1.807, 2.05) is 29.7 Å². The maximum atomic E-state index is 13.1. The van der Waals surface area contributed by atoms with Crippen molar-refractivity contribution >= 4 is 27.5 Å². The van der Waals surface area contributed by atoms with E-state index >= 15 is 0 Å². The maximum Gasteiger partial charge on any atom is 0.279 e. The Hall–Kier alpha value is -2.51. The first kappa shape index (κ1) is 18.3. The van der Waals surface area contributed by atoms with Crippen LogP contribution in [0.2, 0.25) is 0 Å². The van der Waals surface area contributed by atoms with E-state index in [1.165, 1.54) is 35.6 Å². The van der Waals surface area contributed by atoms with E-state index in [9.17, 15) is 9.18 Å². The van der Waals surface area contributed by atoms with Crippen LogP contribution >= 0.6 is 11.3 Å². The van der Waals surface area contributed by atoms with Crippen LogP contribution in [-0.2, 0) is 11.3 Å². The molecule has 0 aliphatic rings. The standard InChI is InChI=1S/C19H19FN2O3S/c1-3-25-12-11-22-17-15(24-2)5-4-6-16(17)26-19(22)21-18(23)13-7-9-14(20)10-8-13/h4-10H,3,11-12H2,1-2H3. The highest BCUT2D eigenvalue weighted by Gasteiger charge is 2.13. The van der Waals surface area contributed by atoms with E-state index in [0.717, 1.165) is 10.2 Å². The van der Waals surface area contributed by atoms with Gasteiger partial charge in [0.25, 0.3) is 5.91 Å². The van der Waals surface area contributed by atoms with Gasteiger partial charge in [-0.15, -0.1) is 0 Å². The van der Waals surface area contributed by atoms with E-state index in [1.54, 1.807) is 7.11 Å². The zero-order valence-corrected chi connectivity index (χ0v) is 15.4. The zero-order chi connectivity index (χ0) is 18.5. The fourth-order valence-corrected chi connectivity index (χ4v) is 3.67. The number of benzene rings is 2. The summed E-state index contributed by atoms with van der Waals surface area (Å²) in [6.45, 7) is 3.59. The quantitative estimate of drug-likeness (QED) is 0.619. The monoisotopic (exact) mass is 374 g/mol. The minimum atomic E-state index is -0.416. The van der Waals surface area contributed by atoms with Crippen molar-refractivity contribution in [2.24, 2.45) is 4.99 Å². The lowest BCUT2D eigenvalue weighted by atomic mass is 10.2. The second kappa shape index (κ2) is 8.25. The highest BCUT2D eigenvalue weighted by Crippen LogP contribution is 2.27.